The first-order valence-corrected chi connectivity index (χ1v) is 9.25. The Hall–Kier alpha value is -2.06. The highest BCUT2D eigenvalue weighted by atomic mass is 32.2. The van der Waals surface area contributed by atoms with E-state index in [4.69, 9.17) is 9.47 Å². The molecule has 2 amide bonds. The number of hydrogen-bond donors (Lipinski definition) is 1. The van der Waals surface area contributed by atoms with Crippen molar-refractivity contribution in [3.05, 3.63) is 29.8 Å². The molecule has 0 unspecified atom stereocenters. The Morgan fingerprint density at radius 1 is 1.23 bits per heavy atom. The van der Waals surface area contributed by atoms with Crippen LogP contribution < -0.4 is 5.32 Å². The monoisotopic (exact) mass is 382 g/mol. The van der Waals surface area contributed by atoms with Crippen LogP contribution in [0.4, 0.5) is 0 Å². The number of thioether (sulfide) groups is 1. The van der Waals surface area contributed by atoms with E-state index in [1.807, 2.05) is 13.8 Å². The van der Waals surface area contributed by atoms with Crippen molar-refractivity contribution in [3.63, 3.8) is 0 Å². The maximum atomic E-state index is 12.3. The number of hydrogen-bond acceptors (Lipinski definition) is 6. The van der Waals surface area contributed by atoms with Gasteiger partial charge in [-0.15, -0.1) is 11.8 Å². The second-order valence-electron chi connectivity index (χ2n) is 5.80. The summed E-state index contributed by atoms with van der Waals surface area (Å²) < 4.78 is 10.00. The zero-order valence-corrected chi connectivity index (χ0v) is 16.4. The third-order valence-corrected chi connectivity index (χ3v) is 4.66. The highest BCUT2D eigenvalue weighted by Gasteiger charge is 2.18. The van der Waals surface area contributed by atoms with Crippen molar-refractivity contribution in [2.45, 2.75) is 24.8 Å². The van der Waals surface area contributed by atoms with Crippen molar-refractivity contribution in [1.29, 1.82) is 0 Å². The van der Waals surface area contributed by atoms with E-state index in [9.17, 15) is 14.4 Å². The average molecular weight is 382 g/mol. The maximum Gasteiger partial charge on any atom is 0.339 e. The number of amides is 2. The summed E-state index contributed by atoms with van der Waals surface area (Å²) in [5.41, 5.74) is 0.335. The van der Waals surface area contributed by atoms with Crippen LogP contribution >= 0.6 is 11.8 Å². The molecular formula is C18H26N2O5S. The van der Waals surface area contributed by atoms with Gasteiger partial charge in [-0.25, -0.2) is 4.79 Å². The summed E-state index contributed by atoms with van der Waals surface area (Å²) in [6.45, 7) is 4.32. The van der Waals surface area contributed by atoms with Crippen LogP contribution in [0.5, 0.6) is 0 Å². The van der Waals surface area contributed by atoms with Gasteiger partial charge < -0.3 is 19.7 Å². The van der Waals surface area contributed by atoms with Gasteiger partial charge in [0.05, 0.1) is 17.9 Å². The Labute approximate surface area is 158 Å². The fourth-order valence-electron chi connectivity index (χ4n) is 1.84. The van der Waals surface area contributed by atoms with Crippen LogP contribution in [0.15, 0.2) is 29.2 Å². The van der Waals surface area contributed by atoms with E-state index in [0.717, 1.165) is 0 Å². The van der Waals surface area contributed by atoms with Crippen LogP contribution in [0, 0.1) is 0 Å². The van der Waals surface area contributed by atoms with Crippen molar-refractivity contribution >= 4 is 29.5 Å². The molecule has 1 rings (SSSR count). The highest BCUT2D eigenvalue weighted by molar-refractivity contribution is 8.00. The second kappa shape index (κ2) is 11.5. The Morgan fingerprint density at radius 3 is 2.58 bits per heavy atom. The number of benzene rings is 1. The molecule has 0 saturated heterocycles. The van der Waals surface area contributed by atoms with Gasteiger partial charge in [-0.2, -0.15) is 0 Å². The molecular weight excluding hydrogens is 356 g/mol. The third kappa shape index (κ3) is 7.45. The quantitative estimate of drug-likeness (QED) is 0.376. The number of nitrogens with zero attached hydrogens (tertiary/aromatic N) is 1. The SMILES string of the molecule is COCCNC(=O)CSc1ccccc1C(=O)OCC(=O)N(C)C(C)C. The summed E-state index contributed by atoms with van der Waals surface area (Å²) in [5, 5.41) is 2.71. The molecule has 0 saturated carbocycles. The molecule has 144 valence electrons. The molecule has 0 radical (unpaired) electrons. The van der Waals surface area contributed by atoms with Gasteiger partial charge in [0.2, 0.25) is 5.91 Å². The Balaban J connectivity index is 2.60. The van der Waals surface area contributed by atoms with E-state index < -0.39 is 5.97 Å². The summed E-state index contributed by atoms with van der Waals surface area (Å²) in [4.78, 5) is 38.1. The molecule has 0 aromatic heterocycles. The fraction of sp³-hybridized carbons (Fsp3) is 0.500. The van der Waals surface area contributed by atoms with Crippen LogP contribution in [0.3, 0.4) is 0 Å². The molecule has 0 aliphatic rings. The van der Waals surface area contributed by atoms with Crippen molar-refractivity contribution in [1.82, 2.24) is 10.2 Å². The van der Waals surface area contributed by atoms with Crippen molar-refractivity contribution in [2.75, 3.05) is 39.7 Å². The van der Waals surface area contributed by atoms with Gasteiger partial charge in [-0.1, -0.05) is 12.1 Å². The topological polar surface area (TPSA) is 84.9 Å². The summed E-state index contributed by atoms with van der Waals surface area (Å²) in [7, 11) is 3.22. The molecule has 1 N–H and O–H groups in total. The number of likely N-dealkylation sites (N-methyl/N-ethyl adjacent to an activating group) is 1. The van der Waals surface area contributed by atoms with E-state index in [0.29, 0.717) is 23.6 Å². The zero-order valence-electron chi connectivity index (χ0n) is 15.6. The summed E-state index contributed by atoms with van der Waals surface area (Å²) in [5.74, 6) is -0.832. The number of nitrogens with one attached hydrogen (secondary N) is 1. The first-order valence-electron chi connectivity index (χ1n) is 8.27. The number of ether oxygens (including phenoxy) is 2. The molecule has 0 bridgehead atoms. The van der Waals surface area contributed by atoms with Crippen LogP contribution in [0.25, 0.3) is 0 Å². The average Bonchev–Trinajstić information content (AvgIpc) is 2.63. The van der Waals surface area contributed by atoms with Crippen LogP contribution in [0.1, 0.15) is 24.2 Å². The lowest BCUT2D eigenvalue weighted by Gasteiger charge is -2.21. The van der Waals surface area contributed by atoms with Gasteiger partial charge in [0.25, 0.3) is 5.91 Å². The van der Waals surface area contributed by atoms with Gasteiger partial charge in [-0.3, -0.25) is 9.59 Å². The molecule has 1 aromatic carbocycles. The first-order chi connectivity index (χ1) is 12.4. The van der Waals surface area contributed by atoms with Crippen LogP contribution in [0.2, 0.25) is 0 Å². The molecule has 26 heavy (non-hydrogen) atoms. The molecule has 0 aliphatic heterocycles. The molecule has 0 atom stereocenters. The Bertz CT molecular complexity index is 621. The van der Waals surface area contributed by atoms with Gasteiger partial charge in [-0.05, 0) is 26.0 Å². The van der Waals surface area contributed by atoms with Crippen LogP contribution in [-0.2, 0) is 19.1 Å². The predicted molar refractivity (Wildman–Crippen MR) is 100 cm³/mol. The molecule has 0 spiro atoms. The maximum absolute atomic E-state index is 12.3. The number of methoxy groups -OCH3 is 1. The fourth-order valence-corrected chi connectivity index (χ4v) is 2.71. The third-order valence-electron chi connectivity index (χ3n) is 3.59. The van der Waals surface area contributed by atoms with Gasteiger partial charge in [0, 0.05) is 31.6 Å². The largest absolute Gasteiger partial charge is 0.452 e. The van der Waals surface area contributed by atoms with Crippen molar-refractivity contribution in [2.24, 2.45) is 0 Å². The zero-order chi connectivity index (χ0) is 19.5. The van der Waals surface area contributed by atoms with Gasteiger partial charge in [0.15, 0.2) is 6.61 Å². The molecule has 8 heteroatoms. The molecule has 7 nitrogen and oxygen atoms in total. The van der Waals surface area contributed by atoms with E-state index in [-0.39, 0.29) is 30.2 Å². The number of rotatable bonds is 10. The number of carbonyl (C=O) groups excluding carboxylic acids is 3. The molecule has 0 aliphatic carbocycles. The smallest absolute Gasteiger partial charge is 0.339 e. The standard InChI is InChI=1S/C18H26N2O5S/c1-13(2)20(3)17(22)11-25-18(23)14-7-5-6-8-15(14)26-12-16(21)19-9-10-24-4/h5-8,13H,9-12H2,1-4H3,(H,19,21). The minimum atomic E-state index is -0.585. The summed E-state index contributed by atoms with van der Waals surface area (Å²) in [6.07, 6.45) is 0. The summed E-state index contributed by atoms with van der Waals surface area (Å²) in [6, 6.07) is 6.87. The number of carbonyl (C=O) groups is 3. The second-order valence-corrected chi connectivity index (χ2v) is 6.82. The summed E-state index contributed by atoms with van der Waals surface area (Å²) >= 11 is 1.24. The predicted octanol–water partition coefficient (Wildman–Crippen LogP) is 1.56. The Kier molecular flexibility index (Phi) is 9.75. The van der Waals surface area contributed by atoms with E-state index in [2.05, 4.69) is 5.32 Å². The molecule has 0 fully saturated rings. The molecule has 0 heterocycles. The van der Waals surface area contributed by atoms with E-state index >= 15 is 0 Å². The lowest BCUT2D eigenvalue weighted by molar-refractivity contribution is -0.134. The van der Waals surface area contributed by atoms with Crippen molar-refractivity contribution in [3.8, 4) is 0 Å². The lowest BCUT2D eigenvalue weighted by Crippen LogP contribution is -2.36. The first kappa shape index (κ1) is 22.0. The van der Waals surface area contributed by atoms with Crippen LogP contribution in [-0.4, -0.2) is 68.4 Å². The minimum Gasteiger partial charge on any atom is -0.452 e. The highest BCUT2D eigenvalue weighted by Crippen LogP contribution is 2.23. The van der Waals surface area contributed by atoms with E-state index in [1.54, 1.807) is 38.4 Å². The molecule has 1 aromatic rings. The van der Waals surface area contributed by atoms with Crippen molar-refractivity contribution < 1.29 is 23.9 Å². The minimum absolute atomic E-state index is 0.0284. The lowest BCUT2D eigenvalue weighted by atomic mass is 10.2. The van der Waals surface area contributed by atoms with Gasteiger partial charge >= 0.3 is 5.97 Å². The van der Waals surface area contributed by atoms with E-state index in [1.165, 1.54) is 16.7 Å². The normalized spacial score (nSPS) is 10.5. The Morgan fingerprint density at radius 2 is 1.92 bits per heavy atom. The number of esters is 1. The van der Waals surface area contributed by atoms with Gasteiger partial charge in [0.1, 0.15) is 0 Å².